The summed E-state index contributed by atoms with van der Waals surface area (Å²) < 4.78 is 5.21. The number of fused-ring (bicyclic) bond motifs is 1. The quantitative estimate of drug-likeness (QED) is 0.173. The first kappa shape index (κ1) is 23.9. The minimum atomic E-state index is -1.15. The predicted octanol–water partition coefficient (Wildman–Crippen LogP) is 4.26. The summed E-state index contributed by atoms with van der Waals surface area (Å²) in [6.45, 7) is 0. The molecule has 1 aromatic heterocycles. The van der Waals surface area contributed by atoms with Gasteiger partial charge in [0.15, 0.2) is 0 Å². The number of Topliss-reactive ketones (excluding diaryl/α,β-unsaturated/α-hetero) is 1. The number of carbonyl (C=O) groups is 3. The number of carboxylic acids is 1. The number of hydrogen-bond acceptors (Lipinski definition) is 7. The number of benzene rings is 3. The number of ether oxygens (including phenoxy) is 1. The number of aromatic carboxylic acids is 1. The van der Waals surface area contributed by atoms with Gasteiger partial charge in [-0.1, -0.05) is 23.7 Å². The van der Waals surface area contributed by atoms with Crippen LogP contribution >= 0.6 is 11.6 Å². The molecule has 4 N–H and O–H groups in total. The van der Waals surface area contributed by atoms with Crippen LogP contribution in [0.1, 0.15) is 27.5 Å². The lowest BCUT2D eigenvalue weighted by Crippen LogP contribution is -2.30. The van der Waals surface area contributed by atoms with Crippen molar-refractivity contribution in [3.8, 4) is 11.5 Å². The van der Waals surface area contributed by atoms with Crippen LogP contribution in [0.15, 0.2) is 66.2 Å². The Morgan fingerprint density at radius 3 is 2.46 bits per heavy atom. The number of hydrogen-bond donors (Lipinski definition) is 4. The third kappa shape index (κ3) is 4.03. The fourth-order valence-electron chi connectivity index (χ4n) is 4.22. The molecule has 1 aliphatic heterocycles. The van der Waals surface area contributed by atoms with E-state index in [0.717, 1.165) is 4.90 Å². The van der Waals surface area contributed by atoms with Crippen LogP contribution in [-0.2, 0) is 9.59 Å². The largest absolute Gasteiger partial charge is 0.508 e. The summed E-state index contributed by atoms with van der Waals surface area (Å²) in [6.07, 6.45) is 0. The SMILES string of the molecule is COc1ccc(Cl)c(/C(O)=C2\C(=O)C(=O)N(c3nc4ccc(C(=O)O)cc4[nH]3)C2c2ccc(O)cc2)c1. The molecular weight excluding hydrogens is 502 g/mol. The van der Waals surface area contributed by atoms with E-state index >= 15 is 0 Å². The van der Waals surface area contributed by atoms with Crippen LogP contribution in [-0.4, -0.2) is 50.1 Å². The lowest BCUT2D eigenvalue weighted by molar-refractivity contribution is -0.132. The summed E-state index contributed by atoms with van der Waals surface area (Å²) in [6, 6.07) is 13.3. The van der Waals surface area contributed by atoms with Gasteiger partial charge in [-0.15, -0.1) is 0 Å². The Hall–Kier alpha value is -4.83. The number of nitrogens with one attached hydrogen (secondary N) is 1. The molecule has 1 unspecified atom stereocenters. The molecule has 10 nitrogen and oxygen atoms in total. The van der Waals surface area contributed by atoms with E-state index in [4.69, 9.17) is 16.3 Å². The monoisotopic (exact) mass is 519 g/mol. The second kappa shape index (κ2) is 8.99. The van der Waals surface area contributed by atoms with Gasteiger partial charge in [-0.2, -0.15) is 0 Å². The molecule has 37 heavy (non-hydrogen) atoms. The molecule has 0 spiro atoms. The maximum absolute atomic E-state index is 13.3. The topological polar surface area (TPSA) is 153 Å². The van der Waals surface area contributed by atoms with Crippen molar-refractivity contribution in [3.63, 3.8) is 0 Å². The van der Waals surface area contributed by atoms with Gasteiger partial charge in [-0.25, -0.2) is 9.78 Å². The first-order valence-electron chi connectivity index (χ1n) is 10.9. The smallest absolute Gasteiger partial charge is 0.335 e. The molecule has 186 valence electrons. The van der Waals surface area contributed by atoms with Gasteiger partial charge in [0.25, 0.3) is 5.78 Å². The highest BCUT2D eigenvalue weighted by molar-refractivity contribution is 6.51. The van der Waals surface area contributed by atoms with Gasteiger partial charge in [0.2, 0.25) is 5.95 Å². The number of ketones is 1. The Kier molecular flexibility index (Phi) is 5.81. The molecule has 5 rings (SSSR count). The number of amides is 1. The number of imidazole rings is 1. The number of halogens is 1. The number of anilines is 1. The number of carbonyl (C=O) groups excluding carboxylic acids is 2. The van der Waals surface area contributed by atoms with Gasteiger partial charge in [-0.3, -0.25) is 14.5 Å². The number of phenols is 1. The van der Waals surface area contributed by atoms with Crippen molar-refractivity contribution in [1.82, 2.24) is 9.97 Å². The third-order valence-electron chi connectivity index (χ3n) is 6.03. The highest BCUT2D eigenvalue weighted by atomic mass is 35.5. The number of aliphatic hydroxyl groups is 1. The molecule has 11 heteroatoms. The molecule has 1 fully saturated rings. The first-order chi connectivity index (χ1) is 17.7. The Morgan fingerprint density at radius 1 is 1.05 bits per heavy atom. The average molecular weight is 520 g/mol. The van der Waals surface area contributed by atoms with Crippen LogP contribution in [0.3, 0.4) is 0 Å². The Labute approximate surface area is 214 Å². The first-order valence-corrected chi connectivity index (χ1v) is 11.2. The number of H-pyrrole nitrogens is 1. The fraction of sp³-hybridized carbons (Fsp3) is 0.0769. The van der Waals surface area contributed by atoms with Crippen LogP contribution in [0.2, 0.25) is 5.02 Å². The zero-order chi connectivity index (χ0) is 26.4. The van der Waals surface area contributed by atoms with E-state index < -0.39 is 29.5 Å². The molecule has 0 bridgehead atoms. The van der Waals surface area contributed by atoms with Gasteiger partial charge < -0.3 is 25.0 Å². The normalized spacial score (nSPS) is 16.9. The summed E-state index contributed by atoms with van der Waals surface area (Å²) in [4.78, 5) is 46.4. The van der Waals surface area contributed by atoms with Gasteiger partial charge in [0, 0.05) is 5.56 Å². The number of phenolic OH excluding ortho intramolecular Hbond substituents is 1. The van der Waals surface area contributed by atoms with Crippen molar-refractivity contribution in [3.05, 3.63) is 87.9 Å². The van der Waals surface area contributed by atoms with Gasteiger partial charge in [-0.05, 0) is 54.1 Å². The number of rotatable bonds is 5. The van der Waals surface area contributed by atoms with Gasteiger partial charge in [0.1, 0.15) is 17.3 Å². The lowest BCUT2D eigenvalue weighted by atomic mass is 9.95. The average Bonchev–Trinajstić information content (AvgIpc) is 3.42. The number of aromatic amines is 1. The number of methoxy groups -OCH3 is 1. The Balaban J connectivity index is 1.73. The molecule has 2 heterocycles. The summed E-state index contributed by atoms with van der Waals surface area (Å²) >= 11 is 6.31. The maximum Gasteiger partial charge on any atom is 0.335 e. The van der Waals surface area contributed by atoms with E-state index in [-0.39, 0.29) is 33.4 Å². The van der Waals surface area contributed by atoms with E-state index in [2.05, 4.69) is 9.97 Å². The molecule has 1 atom stereocenters. The Morgan fingerprint density at radius 2 is 1.78 bits per heavy atom. The zero-order valence-electron chi connectivity index (χ0n) is 19.1. The number of aromatic hydroxyl groups is 1. The molecule has 1 saturated heterocycles. The minimum absolute atomic E-state index is 0.00695. The number of aromatic nitrogens is 2. The van der Waals surface area contributed by atoms with Crippen LogP contribution in [0, 0.1) is 0 Å². The molecule has 0 radical (unpaired) electrons. The van der Waals surface area contributed by atoms with Crippen molar-refractivity contribution in [2.45, 2.75) is 6.04 Å². The van der Waals surface area contributed by atoms with E-state index in [1.54, 1.807) is 6.07 Å². The molecule has 1 amide bonds. The van der Waals surface area contributed by atoms with Crippen molar-refractivity contribution in [1.29, 1.82) is 0 Å². The second-order valence-corrected chi connectivity index (χ2v) is 8.61. The van der Waals surface area contributed by atoms with Crippen LogP contribution < -0.4 is 9.64 Å². The minimum Gasteiger partial charge on any atom is -0.508 e. The van der Waals surface area contributed by atoms with Gasteiger partial charge in [0.05, 0.1) is 40.3 Å². The molecular formula is C26H18ClN3O7. The summed E-state index contributed by atoms with van der Waals surface area (Å²) in [5.74, 6) is -3.33. The highest BCUT2D eigenvalue weighted by Crippen LogP contribution is 2.43. The fourth-order valence-corrected chi connectivity index (χ4v) is 4.43. The van der Waals surface area contributed by atoms with Gasteiger partial charge >= 0.3 is 11.9 Å². The van der Waals surface area contributed by atoms with Crippen molar-refractivity contribution in [2.75, 3.05) is 12.0 Å². The van der Waals surface area contributed by atoms with Crippen molar-refractivity contribution in [2.24, 2.45) is 0 Å². The zero-order valence-corrected chi connectivity index (χ0v) is 19.9. The summed E-state index contributed by atoms with van der Waals surface area (Å²) in [5, 5.41) is 30.5. The van der Waals surface area contributed by atoms with E-state index in [1.165, 1.54) is 61.7 Å². The molecule has 0 saturated carbocycles. The van der Waals surface area contributed by atoms with E-state index in [1.807, 2.05) is 0 Å². The van der Waals surface area contributed by atoms with Crippen LogP contribution in [0.4, 0.5) is 5.95 Å². The van der Waals surface area contributed by atoms with Crippen LogP contribution in [0.5, 0.6) is 11.5 Å². The lowest BCUT2D eigenvalue weighted by Gasteiger charge is -2.23. The predicted molar refractivity (Wildman–Crippen MR) is 134 cm³/mol. The van der Waals surface area contributed by atoms with Crippen molar-refractivity contribution >= 4 is 52.0 Å². The van der Waals surface area contributed by atoms with E-state index in [0.29, 0.717) is 22.3 Å². The van der Waals surface area contributed by atoms with E-state index in [9.17, 15) is 29.7 Å². The standard InChI is InChI=1S/C26H18ClN3O7/c1-37-15-7-8-17(27)16(11-15)22(32)20-21(12-2-5-14(31)6-3-12)30(24(34)23(20)33)26-28-18-9-4-13(25(35)36)10-19(18)29-26/h2-11,21,31-32H,1H3,(H,28,29)(H,35,36)/b22-20+. The molecule has 1 aliphatic rings. The molecule has 0 aliphatic carbocycles. The van der Waals surface area contributed by atoms with Crippen LogP contribution in [0.25, 0.3) is 16.8 Å². The summed E-state index contributed by atoms with van der Waals surface area (Å²) in [7, 11) is 1.43. The second-order valence-electron chi connectivity index (χ2n) is 8.20. The highest BCUT2D eigenvalue weighted by Gasteiger charge is 2.48. The molecule has 3 aromatic carbocycles. The molecule has 4 aromatic rings. The number of aliphatic hydroxyl groups excluding tert-OH is 1. The number of nitrogens with zero attached hydrogens (tertiary/aromatic N) is 2. The Bertz CT molecular complexity index is 1630. The number of carboxylic acid groups (broad SMARTS) is 1. The van der Waals surface area contributed by atoms with Crippen molar-refractivity contribution < 1.29 is 34.4 Å². The third-order valence-corrected chi connectivity index (χ3v) is 6.36. The summed E-state index contributed by atoms with van der Waals surface area (Å²) in [5.41, 5.74) is 0.923. The maximum atomic E-state index is 13.3.